The summed E-state index contributed by atoms with van der Waals surface area (Å²) in [6.45, 7) is 4.64. The van der Waals surface area contributed by atoms with E-state index in [0.29, 0.717) is 43.0 Å². The second-order valence-corrected chi connectivity index (χ2v) is 4.88. The van der Waals surface area contributed by atoms with Crippen LogP contribution in [0.1, 0.15) is 31.1 Å². The van der Waals surface area contributed by atoms with Crippen LogP contribution in [0.2, 0.25) is 0 Å². The van der Waals surface area contributed by atoms with Crippen LogP contribution in [0.25, 0.3) is 0 Å². The standard InChI is InChI=1S/C13H17N5O3/c1-3-20-12-5-11(14-7-15-12)18-6-9(19)4-10(18)13-16-8(2)17-21-13/h5,7,9-10,19H,3-4,6H2,1-2H3/t9-,10+/m0/s1. The minimum atomic E-state index is -0.465. The molecule has 1 fully saturated rings. The highest BCUT2D eigenvalue weighted by atomic mass is 16.5. The Kier molecular flexibility index (Phi) is 3.70. The largest absolute Gasteiger partial charge is 0.478 e. The van der Waals surface area contributed by atoms with Gasteiger partial charge in [0.05, 0.1) is 12.7 Å². The number of hydrogen-bond acceptors (Lipinski definition) is 8. The average molecular weight is 291 g/mol. The normalized spacial score (nSPS) is 21.8. The van der Waals surface area contributed by atoms with Gasteiger partial charge in [-0.2, -0.15) is 4.98 Å². The van der Waals surface area contributed by atoms with Crippen LogP contribution in [0, 0.1) is 6.92 Å². The molecule has 1 saturated heterocycles. The van der Waals surface area contributed by atoms with Crippen LogP contribution >= 0.6 is 0 Å². The van der Waals surface area contributed by atoms with Crippen LogP contribution in [-0.2, 0) is 0 Å². The molecule has 0 radical (unpaired) electrons. The summed E-state index contributed by atoms with van der Waals surface area (Å²) >= 11 is 0. The number of hydrogen-bond donors (Lipinski definition) is 1. The van der Waals surface area contributed by atoms with Crippen molar-refractivity contribution < 1.29 is 14.4 Å². The van der Waals surface area contributed by atoms with Crippen LogP contribution in [0.5, 0.6) is 5.88 Å². The second-order valence-electron chi connectivity index (χ2n) is 4.88. The number of rotatable bonds is 4. The van der Waals surface area contributed by atoms with Crippen LogP contribution < -0.4 is 9.64 Å². The van der Waals surface area contributed by atoms with Crippen molar-refractivity contribution in [3.05, 3.63) is 24.1 Å². The summed E-state index contributed by atoms with van der Waals surface area (Å²) in [5.74, 6) is 2.24. The van der Waals surface area contributed by atoms with Gasteiger partial charge in [-0.1, -0.05) is 5.16 Å². The quantitative estimate of drug-likeness (QED) is 0.886. The molecule has 0 bridgehead atoms. The van der Waals surface area contributed by atoms with Gasteiger partial charge in [0.2, 0.25) is 11.8 Å². The van der Waals surface area contributed by atoms with E-state index < -0.39 is 6.10 Å². The van der Waals surface area contributed by atoms with Crippen molar-refractivity contribution in [1.29, 1.82) is 0 Å². The maximum absolute atomic E-state index is 9.97. The highest BCUT2D eigenvalue weighted by Gasteiger charge is 2.36. The second kappa shape index (κ2) is 5.65. The van der Waals surface area contributed by atoms with E-state index in [4.69, 9.17) is 9.26 Å². The summed E-state index contributed by atoms with van der Waals surface area (Å²) in [6, 6.07) is 1.56. The van der Waals surface area contributed by atoms with Gasteiger partial charge < -0.3 is 19.3 Å². The van der Waals surface area contributed by atoms with Crippen LogP contribution in [0.15, 0.2) is 16.9 Å². The lowest BCUT2D eigenvalue weighted by Gasteiger charge is -2.22. The number of nitrogens with zero attached hydrogens (tertiary/aromatic N) is 5. The molecule has 0 amide bonds. The summed E-state index contributed by atoms with van der Waals surface area (Å²) in [7, 11) is 0. The number of anilines is 1. The molecule has 112 valence electrons. The van der Waals surface area contributed by atoms with Crippen molar-refractivity contribution >= 4 is 5.82 Å². The Morgan fingerprint density at radius 2 is 2.33 bits per heavy atom. The first-order valence-electron chi connectivity index (χ1n) is 6.87. The van der Waals surface area contributed by atoms with Gasteiger partial charge >= 0.3 is 0 Å². The van der Waals surface area contributed by atoms with Crippen molar-refractivity contribution in [2.75, 3.05) is 18.1 Å². The molecule has 0 aliphatic carbocycles. The predicted octanol–water partition coefficient (Wildman–Crippen LogP) is 0.879. The summed E-state index contributed by atoms with van der Waals surface area (Å²) in [5, 5.41) is 13.8. The molecule has 3 heterocycles. The SMILES string of the molecule is CCOc1cc(N2C[C@@H](O)C[C@@H]2c2nc(C)no2)ncn1. The van der Waals surface area contributed by atoms with Gasteiger partial charge in [-0.25, -0.2) is 9.97 Å². The van der Waals surface area contributed by atoms with E-state index in [1.165, 1.54) is 6.33 Å². The third-order valence-corrected chi connectivity index (χ3v) is 3.32. The zero-order valence-electron chi connectivity index (χ0n) is 11.9. The first-order valence-corrected chi connectivity index (χ1v) is 6.87. The maximum Gasteiger partial charge on any atom is 0.249 e. The van der Waals surface area contributed by atoms with Crippen molar-refractivity contribution in [3.8, 4) is 5.88 Å². The Morgan fingerprint density at radius 1 is 1.48 bits per heavy atom. The fourth-order valence-corrected chi connectivity index (χ4v) is 2.46. The van der Waals surface area contributed by atoms with Crippen molar-refractivity contribution in [3.63, 3.8) is 0 Å². The van der Waals surface area contributed by atoms with E-state index >= 15 is 0 Å². The van der Waals surface area contributed by atoms with Gasteiger partial charge in [0.1, 0.15) is 18.2 Å². The number of aryl methyl sites for hydroxylation is 1. The molecule has 8 nitrogen and oxygen atoms in total. The summed E-state index contributed by atoms with van der Waals surface area (Å²) in [4.78, 5) is 14.5. The lowest BCUT2D eigenvalue weighted by Crippen LogP contribution is -2.25. The van der Waals surface area contributed by atoms with E-state index in [-0.39, 0.29) is 6.04 Å². The third-order valence-electron chi connectivity index (χ3n) is 3.32. The van der Waals surface area contributed by atoms with Crippen LogP contribution in [0.4, 0.5) is 5.82 Å². The molecular formula is C13H17N5O3. The number of ether oxygens (including phenoxy) is 1. The number of aromatic nitrogens is 4. The summed E-state index contributed by atoms with van der Waals surface area (Å²) < 4.78 is 10.6. The third kappa shape index (κ3) is 2.80. The van der Waals surface area contributed by atoms with E-state index in [0.717, 1.165) is 0 Å². The van der Waals surface area contributed by atoms with Gasteiger partial charge in [0, 0.05) is 19.0 Å². The smallest absolute Gasteiger partial charge is 0.249 e. The van der Waals surface area contributed by atoms with Crippen molar-refractivity contribution in [2.45, 2.75) is 32.4 Å². The predicted molar refractivity (Wildman–Crippen MR) is 72.9 cm³/mol. The van der Waals surface area contributed by atoms with Gasteiger partial charge in [0.15, 0.2) is 5.82 Å². The molecule has 2 aromatic heterocycles. The lowest BCUT2D eigenvalue weighted by atomic mass is 10.2. The highest BCUT2D eigenvalue weighted by molar-refractivity contribution is 5.44. The molecular weight excluding hydrogens is 274 g/mol. The van der Waals surface area contributed by atoms with Crippen LogP contribution in [0.3, 0.4) is 0 Å². The molecule has 0 aromatic carbocycles. The molecule has 21 heavy (non-hydrogen) atoms. The van der Waals surface area contributed by atoms with Gasteiger partial charge in [0.25, 0.3) is 0 Å². The first-order chi connectivity index (χ1) is 10.2. The van der Waals surface area contributed by atoms with Crippen molar-refractivity contribution in [2.24, 2.45) is 0 Å². The van der Waals surface area contributed by atoms with Gasteiger partial charge in [-0.15, -0.1) is 0 Å². The fraction of sp³-hybridized carbons (Fsp3) is 0.538. The van der Waals surface area contributed by atoms with Crippen molar-refractivity contribution in [1.82, 2.24) is 20.1 Å². The van der Waals surface area contributed by atoms with E-state index in [1.54, 1.807) is 13.0 Å². The Morgan fingerprint density at radius 3 is 3.05 bits per heavy atom. The lowest BCUT2D eigenvalue weighted by molar-refractivity contribution is 0.191. The molecule has 0 spiro atoms. The van der Waals surface area contributed by atoms with Crippen LogP contribution in [-0.4, -0.2) is 44.5 Å². The Bertz CT molecular complexity index is 617. The number of β-amino-alcohol motifs (C(OH)–C–C–N with tert-alkyl or cyclic N) is 1. The molecule has 1 N–H and O–H groups in total. The molecule has 0 unspecified atom stereocenters. The van der Waals surface area contributed by atoms with Gasteiger partial charge in [-0.3, -0.25) is 0 Å². The summed E-state index contributed by atoms with van der Waals surface area (Å²) in [5.41, 5.74) is 0. The topological polar surface area (TPSA) is 97.4 Å². The summed E-state index contributed by atoms with van der Waals surface area (Å²) in [6.07, 6.45) is 1.50. The number of aliphatic hydroxyl groups excluding tert-OH is 1. The highest BCUT2D eigenvalue weighted by Crippen LogP contribution is 2.35. The monoisotopic (exact) mass is 291 g/mol. The molecule has 1 aliphatic heterocycles. The van der Waals surface area contributed by atoms with E-state index in [1.807, 2.05) is 11.8 Å². The minimum absolute atomic E-state index is 0.189. The Balaban J connectivity index is 1.90. The Labute approximate surface area is 121 Å². The minimum Gasteiger partial charge on any atom is -0.478 e. The molecule has 3 rings (SSSR count). The van der Waals surface area contributed by atoms with E-state index in [9.17, 15) is 5.11 Å². The molecule has 0 saturated carbocycles. The zero-order valence-corrected chi connectivity index (χ0v) is 11.9. The van der Waals surface area contributed by atoms with E-state index in [2.05, 4.69) is 20.1 Å². The first kappa shape index (κ1) is 13.7. The molecule has 8 heteroatoms. The maximum atomic E-state index is 9.97. The Hall–Kier alpha value is -2.22. The molecule has 2 aromatic rings. The van der Waals surface area contributed by atoms with Gasteiger partial charge in [-0.05, 0) is 13.8 Å². The zero-order chi connectivity index (χ0) is 14.8. The number of aliphatic hydroxyl groups is 1. The molecule has 1 aliphatic rings. The average Bonchev–Trinajstić information content (AvgIpc) is 3.05. The molecule has 2 atom stereocenters. The fourth-order valence-electron chi connectivity index (χ4n) is 2.46.